The van der Waals surface area contributed by atoms with Crippen LogP contribution in [0.5, 0.6) is 0 Å². The third-order valence-corrected chi connectivity index (χ3v) is 6.02. The number of piperidine rings is 1. The number of nitrogens with one attached hydrogen (secondary N) is 1. The fourth-order valence-corrected chi connectivity index (χ4v) is 4.37. The van der Waals surface area contributed by atoms with Crippen LogP contribution in [0.3, 0.4) is 0 Å². The van der Waals surface area contributed by atoms with Crippen LogP contribution in [0.15, 0.2) is 30.5 Å². The lowest BCUT2D eigenvalue weighted by Crippen LogP contribution is -2.57. The third kappa shape index (κ3) is 3.19. The number of morpholine rings is 1. The van der Waals surface area contributed by atoms with E-state index in [1.165, 1.54) is 6.07 Å². The summed E-state index contributed by atoms with van der Waals surface area (Å²) in [4.78, 5) is 7.01. The summed E-state index contributed by atoms with van der Waals surface area (Å²) in [5, 5.41) is 13.0. The fraction of sp³-hybridized carbons (Fsp3) is 0.409. The molecule has 1 aromatic carbocycles. The van der Waals surface area contributed by atoms with Crippen LogP contribution < -0.4 is 10.2 Å². The van der Waals surface area contributed by atoms with Crippen LogP contribution >= 0.6 is 0 Å². The smallest absolute Gasteiger partial charge is 0.158 e. The molecule has 7 heteroatoms. The Kier molecular flexibility index (Phi) is 4.35. The lowest BCUT2D eigenvalue weighted by molar-refractivity contribution is -0.133. The Morgan fingerprint density at radius 2 is 1.97 bits per heavy atom. The fourth-order valence-electron chi connectivity index (χ4n) is 4.37. The van der Waals surface area contributed by atoms with Crippen LogP contribution in [-0.4, -0.2) is 40.5 Å². The van der Waals surface area contributed by atoms with Gasteiger partial charge < -0.3 is 15.0 Å². The van der Waals surface area contributed by atoms with Crippen molar-refractivity contribution < 1.29 is 9.13 Å². The van der Waals surface area contributed by atoms with E-state index >= 15 is 0 Å². The molecule has 150 valence electrons. The van der Waals surface area contributed by atoms with E-state index in [1.807, 2.05) is 26.1 Å². The minimum absolute atomic E-state index is 0.120. The van der Waals surface area contributed by atoms with Gasteiger partial charge in [-0.15, -0.1) is 5.10 Å². The summed E-state index contributed by atoms with van der Waals surface area (Å²) < 4.78 is 19.7. The first-order valence-electron chi connectivity index (χ1n) is 10.0. The molecule has 0 amide bonds. The van der Waals surface area contributed by atoms with Crippen molar-refractivity contribution in [3.63, 3.8) is 0 Å². The van der Waals surface area contributed by atoms with E-state index in [4.69, 9.17) is 4.74 Å². The van der Waals surface area contributed by atoms with Gasteiger partial charge in [0.05, 0.1) is 41.3 Å². The van der Waals surface area contributed by atoms with Crippen LogP contribution in [0.2, 0.25) is 0 Å². The Bertz CT molecular complexity index is 1070. The highest BCUT2D eigenvalue weighted by Gasteiger charge is 2.38. The van der Waals surface area contributed by atoms with E-state index in [0.29, 0.717) is 23.6 Å². The predicted molar refractivity (Wildman–Crippen MR) is 111 cm³/mol. The van der Waals surface area contributed by atoms with Crippen LogP contribution in [0.4, 0.5) is 15.9 Å². The minimum Gasteiger partial charge on any atom is -0.371 e. The summed E-state index contributed by atoms with van der Waals surface area (Å²) in [6.45, 7) is 7.49. The Labute approximate surface area is 169 Å². The molecule has 29 heavy (non-hydrogen) atoms. The highest BCUT2D eigenvalue weighted by molar-refractivity contribution is 5.92. The van der Waals surface area contributed by atoms with Crippen LogP contribution in [0, 0.1) is 19.7 Å². The molecule has 2 aromatic heterocycles. The van der Waals surface area contributed by atoms with Crippen LogP contribution in [0.1, 0.15) is 36.2 Å². The van der Waals surface area contributed by atoms with Crippen molar-refractivity contribution in [2.75, 3.05) is 23.3 Å². The molecule has 3 fully saturated rings. The third-order valence-electron chi connectivity index (χ3n) is 6.02. The first-order valence-corrected chi connectivity index (χ1v) is 10.0. The number of hydrogen-bond donors (Lipinski definition) is 1. The van der Waals surface area contributed by atoms with E-state index < -0.39 is 0 Å². The topological polar surface area (TPSA) is 63.2 Å². The molecule has 6 rings (SSSR count). The maximum atomic E-state index is 14.0. The Hall–Kier alpha value is -2.80. The number of anilines is 2. The maximum Gasteiger partial charge on any atom is 0.158 e. The number of ether oxygens (including phenoxy) is 1. The molecule has 3 aromatic rings. The molecule has 0 aliphatic carbocycles. The SMILES string of the molecule is Cc1c(F)cccc1[C@@H](C)Nc1nnc(C)c2ncc(N3CC4CC(C3)O4)cc12. The number of hydrogen-bond acceptors (Lipinski definition) is 6. The predicted octanol–water partition coefficient (Wildman–Crippen LogP) is 3.93. The zero-order valence-electron chi connectivity index (χ0n) is 16.8. The minimum atomic E-state index is -0.203. The second-order valence-electron chi connectivity index (χ2n) is 8.06. The quantitative estimate of drug-likeness (QED) is 0.725. The molecular formula is C22H24FN5O. The molecule has 0 saturated carbocycles. The summed E-state index contributed by atoms with van der Waals surface area (Å²) in [5.74, 6) is 0.459. The number of rotatable bonds is 4. The molecule has 3 aliphatic heterocycles. The summed E-state index contributed by atoms with van der Waals surface area (Å²) in [6.07, 6.45) is 3.72. The molecule has 5 heterocycles. The summed E-state index contributed by atoms with van der Waals surface area (Å²) >= 11 is 0. The van der Waals surface area contributed by atoms with E-state index in [1.54, 1.807) is 13.0 Å². The number of nitrogens with zero attached hydrogens (tertiary/aromatic N) is 4. The molecule has 3 atom stereocenters. The molecule has 0 spiro atoms. The molecule has 3 aliphatic rings. The van der Waals surface area contributed by atoms with E-state index in [-0.39, 0.29) is 11.9 Å². The van der Waals surface area contributed by atoms with Crippen molar-refractivity contribution in [2.45, 2.75) is 45.4 Å². The maximum absolute atomic E-state index is 14.0. The molecule has 1 N–H and O–H groups in total. The second kappa shape index (κ2) is 6.91. The van der Waals surface area contributed by atoms with Crippen molar-refractivity contribution in [3.8, 4) is 0 Å². The van der Waals surface area contributed by atoms with Gasteiger partial charge in [0.25, 0.3) is 0 Å². The van der Waals surface area contributed by atoms with E-state index in [2.05, 4.69) is 31.5 Å². The Morgan fingerprint density at radius 1 is 1.21 bits per heavy atom. The van der Waals surface area contributed by atoms with Gasteiger partial charge in [-0.3, -0.25) is 4.98 Å². The molecule has 3 saturated heterocycles. The van der Waals surface area contributed by atoms with Crippen molar-refractivity contribution in [1.82, 2.24) is 15.2 Å². The van der Waals surface area contributed by atoms with E-state index in [9.17, 15) is 4.39 Å². The summed E-state index contributed by atoms with van der Waals surface area (Å²) in [7, 11) is 0. The number of halogens is 1. The molecule has 6 nitrogen and oxygen atoms in total. The zero-order valence-corrected chi connectivity index (χ0v) is 16.8. The number of benzene rings is 1. The monoisotopic (exact) mass is 393 g/mol. The standard InChI is InChI=1S/C22H24FN5O/c1-12-18(5-4-6-20(12)23)13(2)25-22-19-7-15(9-24-21(19)14(3)26-27-22)28-10-16-8-17(11-28)29-16/h4-7,9,13,16-17H,8,10-11H2,1-3H3,(H,25,27)/t13-,16?,17?/m1/s1. The van der Waals surface area contributed by atoms with Gasteiger partial charge in [-0.1, -0.05) is 12.1 Å². The second-order valence-corrected chi connectivity index (χ2v) is 8.06. The summed E-state index contributed by atoms with van der Waals surface area (Å²) in [5.41, 5.74) is 4.23. The highest BCUT2D eigenvalue weighted by atomic mass is 19.1. The van der Waals surface area contributed by atoms with Crippen molar-refractivity contribution in [3.05, 3.63) is 53.1 Å². The highest BCUT2D eigenvalue weighted by Crippen LogP contribution is 2.34. The average molecular weight is 393 g/mol. The Morgan fingerprint density at radius 3 is 2.72 bits per heavy atom. The summed E-state index contributed by atoms with van der Waals surface area (Å²) in [6, 6.07) is 7.16. The number of pyridine rings is 1. The lowest BCUT2D eigenvalue weighted by atomic mass is 9.98. The zero-order chi connectivity index (χ0) is 20.1. The molecule has 0 radical (unpaired) electrons. The average Bonchev–Trinajstić information content (AvgIpc) is 2.71. The van der Waals surface area contributed by atoms with Gasteiger partial charge in [0.15, 0.2) is 5.82 Å². The van der Waals surface area contributed by atoms with Gasteiger partial charge in [-0.25, -0.2) is 4.39 Å². The van der Waals surface area contributed by atoms with Gasteiger partial charge >= 0.3 is 0 Å². The lowest BCUT2D eigenvalue weighted by Gasteiger charge is -2.47. The Balaban J connectivity index is 1.50. The largest absolute Gasteiger partial charge is 0.371 e. The number of fused-ring (bicyclic) bond motifs is 3. The van der Waals surface area contributed by atoms with Gasteiger partial charge in [0, 0.05) is 24.9 Å². The molecular weight excluding hydrogens is 369 g/mol. The molecule has 2 bridgehead atoms. The van der Waals surface area contributed by atoms with E-state index in [0.717, 1.165) is 47.4 Å². The van der Waals surface area contributed by atoms with Crippen molar-refractivity contribution >= 4 is 22.4 Å². The van der Waals surface area contributed by atoms with Gasteiger partial charge in [-0.2, -0.15) is 5.10 Å². The van der Waals surface area contributed by atoms with Gasteiger partial charge in [0.2, 0.25) is 0 Å². The number of aryl methyl sites for hydroxylation is 1. The van der Waals surface area contributed by atoms with Gasteiger partial charge in [0.1, 0.15) is 5.82 Å². The first-order chi connectivity index (χ1) is 14.0. The van der Waals surface area contributed by atoms with Crippen molar-refractivity contribution in [2.24, 2.45) is 0 Å². The number of aromatic nitrogens is 3. The van der Waals surface area contributed by atoms with Crippen molar-refractivity contribution in [1.29, 1.82) is 0 Å². The first kappa shape index (κ1) is 18.2. The molecule has 2 unspecified atom stereocenters. The normalized spacial score (nSPS) is 21.7. The van der Waals surface area contributed by atoms with Crippen LogP contribution in [-0.2, 0) is 4.74 Å². The van der Waals surface area contributed by atoms with Crippen LogP contribution in [0.25, 0.3) is 10.9 Å². The van der Waals surface area contributed by atoms with Gasteiger partial charge in [-0.05, 0) is 44.0 Å².